The maximum Gasteiger partial charge on any atom is 0.243 e. The second kappa shape index (κ2) is 4.98. The summed E-state index contributed by atoms with van der Waals surface area (Å²) in [6, 6.07) is 4.17. The molecule has 7 heteroatoms. The Balaban J connectivity index is 2.37. The Labute approximate surface area is 117 Å². The maximum atomic E-state index is 12.4. The van der Waals surface area contributed by atoms with Crippen LogP contribution in [0.3, 0.4) is 0 Å². The van der Waals surface area contributed by atoms with Crippen LogP contribution in [0.1, 0.15) is 6.92 Å². The Morgan fingerprint density at radius 3 is 2.22 bits per heavy atom. The molecule has 1 aliphatic heterocycles. The standard InChI is InChI=1S/C11H14Cl2N2O2S/c1-7-5-15(6-11(7)14)18(16,17)10-3-8(12)2-9(13)4-10/h2-4,7,11H,5-6,14H2,1H3. The lowest BCUT2D eigenvalue weighted by atomic mass is 10.1. The van der Waals surface area contributed by atoms with E-state index in [-0.39, 0.29) is 16.9 Å². The summed E-state index contributed by atoms with van der Waals surface area (Å²) >= 11 is 11.7. The van der Waals surface area contributed by atoms with E-state index in [0.29, 0.717) is 23.1 Å². The lowest BCUT2D eigenvalue weighted by Crippen LogP contribution is -2.32. The van der Waals surface area contributed by atoms with Crippen molar-refractivity contribution in [3.05, 3.63) is 28.2 Å². The van der Waals surface area contributed by atoms with Crippen molar-refractivity contribution < 1.29 is 8.42 Å². The normalized spacial score (nSPS) is 25.6. The van der Waals surface area contributed by atoms with Crippen LogP contribution < -0.4 is 5.73 Å². The van der Waals surface area contributed by atoms with E-state index in [0.717, 1.165) is 0 Å². The molecule has 1 aromatic carbocycles. The van der Waals surface area contributed by atoms with Gasteiger partial charge in [0, 0.05) is 29.2 Å². The molecule has 0 saturated carbocycles. The summed E-state index contributed by atoms with van der Waals surface area (Å²) in [5, 5.41) is 0.607. The highest BCUT2D eigenvalue weighted by Crippen LogP contribution is 2.27. The first kappa shape index (κ1) is 14.1. The fourth-order valence-electron chi connectivity index (χ4n) is 1.97. The molecule has 4 nitrogen and oxygen atoms in total. The Kier molecular flexibility index (Phi) is 3.90. The van der Waals surface area contributed by atoms with Crippen molar-refractivity contribution in [1.82, 2.24) is 4.31 Å². The van der Waals surface area contributed by atoms with Gasteiger partial charge in [-0.1, -0.05) is 30.1 Å². The Hall–Kier alpha value is -0.330. The fourth-order valence-corrected chi connectivity index (χ4v) is 4.27. The molecule has 0 amide bonds. The third kappa shape index (κ3) is 2.65. The molecule has 1 aromatic rings. The zero-order valence-corrected chi connectivity index (χ0v) is 12.1. The van der Waals surface area contributed by atoms with Gasteiger partial charge in [-0.25, -0.2) is 8.42 Å². The molecule has 2 atom stereocenters. The molecule has 0 bridgehead atoms. The average Bonchev–Trinajstić information content (AvgIpc) is 2.58. The van der Waals surface area contributed by atoms with Gasteiger partial charge in [-0.15, -0.1) is 0 Å². The van der Waals surface area contributed by atoms with Gasteiger partial charge in [0.05, 0.1) is 4.90 Å². The van der Waals surface area contributed by atoms with E-state index in [2.05, 4.69) is 0 Å². The molecule has 100 valence electrons. The summed E-state index contributed by atoms with van der Waals surface area (Å²) in [6.45, 7) is 2.69. The minimum atomic E-state index is -3.57. The van der Waals surface area contributed by atoms with Crippen molar-refractivity contribution in [2.45, 2.75) is 17.9 Å². The smallest absolute Gasteiger partial charge is 0.243 e. The van der Waals surface area contributed by atoms with Crippen LogP contribution in [0.15, 0.2) is 23.1 Å². The largest absolute Gasteiger partial charge is 0.326 e. The molecule has 1 aliphatic rings. The van der Waals surface area contributed by atoms with E-state index < -0.39 is 10.0 Å². The SMILES string of the molecule is CC1CN(S(=O)(=O)c2cc(Cl)cc(Cl)c2)CC1N. The molecule has 2 N–H and O–H groups in total. The molecule has 1 saturated heterocycles. The van der Waals surface area contributed by atoms with E-state index in [4.69, 9.17) is 28.9 Å². The van der Waals surface area contributed by atoms with Crippen LogP contribution in [0.2, 0.25) is 10.0 Å². The number of sulfonamides is 1. The topological polar surface area (TPSA) is 63.4 Å². The van der Waals surface area contributed by atoms with E-state index in [1.165, 1.54) is 22.5 Å². The summed E-state index contributed by atoms with van der Waals surface area (Å²) in [7, 11) is -3.57. The quantitative estimate of drug-likeness (QED) is 0.908. The van der Waals surface area contributed by atoms with Crippen LogP contribution in [0.4, 0.5) is 0 Å². The number of nitrogens with two attached hydrogens (primary N) is 1. The highest BCUT2D eigenvalue weighted by atomic mass is 35.5. The van der Waals surface area contributed by atoms with Gasteiger partial charge < -0.3 is 5.73 Å². The third-order valence-electron chi connectivity index (χ3n) is 3.11. The zero-order valence-electron chi connectivity index (χ0n) is 9.81. The fraction of sp³-hybridized carbons (Fsp3) is 0.455. The molecular weight excluding hydrogens is 295 g/mol. The van der Waals surface area contributed by atoms with Crippen LogP contribution in [0, 0.1) is 5.92 Å². The highest BCUT2D eigenvalue weighted by Gasteiger charge is 2.35. The van der Waals surface area contributed by atoms with Crippen LogP contribution >= 0.6 is 23.2 Å². The van der Waals surface area contributed by atoms with Gasteiger partial charge in [0.15, 0.2) is 0 Å². The molecule has 0 radical (unpaired) electrons. The zero-order chi connectivity index (χ0) is 13.5. The van der Waals surface area contributed by atoms with E-state index in [1.54, 1.807) is 0 Å². The highest BCUT2D eigenvalue weighted by molar-refractivity contribution is 7.89. The first-order valence-electron chi connectivity index (χ1n) is 5.52. The van der Waals surface area contributed by atoms with Gasteiger partial charge in [0.2, 0.25) is 10.0 Å². The van der Waals surface area contributed by atoms with Gasteiger partial charge >= 0.3 is 0 Å². The summed E-state index contributed by atoms with van der Waals surface area (Å²) < 4.78 is 26.1. The number of rotatable bonds is 2. The van der Waals surface area contributed by atoms with Crippen molar-refractivity contribution >= 4 is 33.2 Å². The lowest BCUT2D eigenvalue weighted by molar-refractivity contribution is 0.464. The second-order valence-corrected chi connectivity index (χ2v) is 7.38. The molecule has 1 heterocycles. The summed E-state index contributed by atoms with van der Waals surface area (Å²) in [5.74, 6) is 0.148. The predicted octanol–water partition coefficient (Wildman–Crippen LogP) is 1.96. The summed E-state index contributed by atoms with van der Waals surface area (Å²) in [4.78, 5) is 0.112. The molecule has 2 unspecified atom stereocenters. The molecule has 0 aromatic heterocycles. The molecule has 2 rings (SSSR count). The Morgan fingerprint density at radius 2 is 1.78 bits per heavy atom. The molecular formula is C11H14Cl2N2O2S. The molecule has 0 aliphatic carbocycles. The van der Waals surface area contributed by atoms with E-state index in [1.807, 2.05) is 6.92 Å². The van der Waals surface area contributed by atoms with Crippen molar-refractivity contribution in [2.75, 3.05) is 13.1 Å². The first-order chi connectivity index (χ1) is 8.30. The van der Waals surface area contributed by atoms with E-state index in [9.17, 15) is 8.42 Å². The number of benzene rings is 1. The molecule has 0 spiro atoms. The second-order valence-electron chi connectivity index (χ2n) is 4.57. The van der Waals surface area contributed by atoms with Gasteiger partial charge in [0.1, 0.15) is 0 Å². The monoisotopic (exact) mass is 308 g/mol. The number of nitrogens with zero attached hydrogens (tertiary/aromatic N) is 1. The van der Waals surface area contributed by atoms with E-state index >= 15 is 0 Å². The number of halogens is 2. The minimum absolute atomic E-state index is 0.112. The van der Waals surface area contributed by atoms with Gasteiger partial charge in [0.25, 0.3) is 0 Å². The first-order valence-corrected chi connectivity index (χ1v) is 7.72. The van der Waals surface area contributed by atoms with Crippen molar-refractivity contribution in [2.24, 2.45) is 11.7 Å². The van der Waals surface area contributed by atoms with Crippen molar-refractivity contribution in [3.8, 4) is 0 Å². The van der Waals surface area contributed by atoms with Crippen molar-refractivity contribution in [3.63, 3.8) is 0 Å². The lowest BCUT2D eigenvalue weighted by Gasteiger charge is -2.16. The predicted molar refractivity (Wildman–Crippen MR) is 72.4 cm³/mol. The van der Waals surface area contributed by atoms with Crippen LogP contribution in [0.25, 0.3) is 0 Å². The van der Waals surface area contributed by atoms with Gasteiger partial charge in [-0.2, -0.15) is 4.31 Å². The van der Waals surface area contributed by atoms with Crippen molar-refractivity contribution in [1.29, 1.82) is 0 Å². The summed E-state index contributed by atoms with van der Waals surface area (Å²) in [6.07, 6.45) is 0. The average molecular weight is 309 g/mol. The number of hydrogen-bond acceptors (Lipinski definition) is 3. The minimum Gasteiger partial charge on any atom is -0.326 e. The van der Waals surface area contributed by atoms with Gasteiger partial charge in [-0.3, -0.25) is 0 Å². The molecule has 1 fully saturated rings. The van der Waals surface area contributed by atoms with Crippen LogP contribution in [-0.2, 0) is 10.0 Å². The maximum absolute atomic E-state index is 12.4. The van der Waals surface area contributed by atoms with Crippen LogP contribution in [-0.4, -0.2) is 31.9 Å². The van der Waals surface area contributed by atoms with Crippen LogP contribution in [0.5, 0.6) is 0 Å². The third-order valence-corrected chi connectivity index (χ3v) is 5.36. The Morgan fingerprint density at radius 1 is 1.22 bits per heavy atom. The molecule has 18 heavy (non-hydrogen) atoms. The summed E-state index contributed by atoms with van der Waals surface area (Å²) in [5.41, 5.74) is 5.84. The van der Waals surface area contributed by atoms with Gasteiger partial charge in [-0.05, 0) is 24.1 Å². The Bertz CT molecular complexity index is 532. The number of hydrogen-bond donors (Lipinski definition) is 1.